The third-order valence-electron chi connectivity index (χ3n) is 6.51. The molecule has 0 radical (unpaired) electrons. The van der Waals surface area contributed by atoms with Crippen LogP contribution in [0.4, 0.5) is 5.82 Å². The average Bonchev–Trinajstić information content (AvgIpc) is 3.41. The zero-order valence-corrected chi connectivity index (χ0v) is 19.5. The molecule has 0 bridgehead atoms. The van der Waals surface area contributed by atoms with Crippen LogP contribution in [0.5, 0.6) is 0 Å². The van der Waals surface area contributed by atoms with Gasteiger partial charge in [0.2, 0.25) is 5.28 Å². The van der Waals surface area contributed by atoms with E-state index in [0.717, 1.165) is 48.5 Å². The first kappa shape index (κ1) is 21.3. The number of aromatic nitrogens is 4. The molecule has 1 aliphatic carbocycles. The second kappa shape index (κ2) is 9.10. The number of imidazole rings is 1. The molecule has 0 unspecified atom stereocenters. The molecule has 2 fully saturated rings. The maximum absolute atomic E-state index is 6.36. The van der Waals surface area contributed by atoms with Crippen molar-refractivity contribution in [3.8, 4) is 0 Å². The Hall–Kier alpha value is -1.60. The molecule has 31 heavy (non-hydrogen) atoms. The van der Waals surface area contributed by atoms with E-state index in [1.807, 2.05) is 24.5 Å². The molecular weight excluding hydrogens is 455 g/mol. The lowest BCUT2D eigenvalue weighted by molar-refractivity contribution is 0.216. The van der Waals surface area contributed by atoms with Gasteiger partial charge < -0.3 is 9.99 Å². The molecule has 1 aliphatic heterocycles. The summed E-state index contributed by atoms with van der Waals surface area (Å²) < 4.78 is 2.17. The van der Waals surface area contributed by atoms with E-state index in [1.165, 1.54) is 31.2 Å². The first-order valence-electron chi connectivity index (χ1n) is 10.9. The summed E-state index contributed by atoms with van der Waals surface area (Å²) in [6, 6.07) is 6.23. The summed E-state index contributed by atoms with van der Waals surface area (Å²) in [5.41, 5.74) is 6.22. The van der Waals surface area contributed by atoms with Gasteiger partial charge in [-0.2, -0.15) is 9.97 Å². The van der Waals surface area contributed by atoms with Crippen LogP contribution >= 0.6 is 34.8 Å². The summed E-state index contributed by atoms with van der Waals surface area (Å²) in [4.78, 5) is 13.5. The van der Waals surface area contributed by atoms with Gasteiger partial charge in [-0.15, -0.1) is 0 Å². The van der Waals surface area contributed by atoms with E-state index in [-0.39, 0.29) is 5.28 Å². The Morgan fingerprint density at radius 3 is 2.52 bits per heavy atom. The molecule has 3 aromatic rings. The van der Waals surface area contributed by atoms with Gasteiger partial charge in [0, 0.05) is 29.2 Å². The number of hydrogen-bond acceptors (Lipinski definition) is 5. The van der Waals surface area contributed by atoms with Crippen LogP contribution in [0.2, 0.25) is 15.3 Å². The summed E-state index contributed by atoms with van der Waals surface area (Å²) in [5, 5.41) is 3.89. The second-order valence-corrected chi connectivity index (χ2v) is 9.77. The number of piperidine rings is 1. The number of anilines is 1. The van der Waals surface area contributed by atoms with Crippen LogP contribution < -0.4 is 5.43 Å². The number of rotatable bonds is 5. The highest BCUT2D eigenvalue weighted by molar-refractivity contribution is 6.35. The Labute approximate surface area is 196 Å². The number of nitrogens with zero attached hydrogens (tertiary/aromatic N) is 5. The van der Waals surface area contributed by atoms with Crippen LogP contribution in [-0.2, 0) is 6.42 Å². The van der Waals surface area contributed by atoms with Crippen molar-refractivity contribution < 1.29 is 0 Å². The number of hydrogen-bond donors (Lipinski definition) is 1. The molecule has 2 aromatic heterocycles. The van der Waals surface area contributed by atoms with Crippen molar-refractivity contribution in [2.24, 2.45) is 5.92 Å². The molecule has 0 amide bonds. The predicted octanol–water partition coefficient (Wildman–Crippen LogP) is 6.18. The molecule has 1 N–H and O–H groups in total. The predicted molar refractivity (Wildman–Crippen MR) is 126 cm³/mol. The normalized spacial score (nSPS) is 18.8. The molecule has 2 aliphatic rings. The Bertz CT molecular complexity index is 1070. The van der Waals surface area contributed by atoms with Gasteiger partial charge >= 0.3 is 0 Å². The molecule has 5 rings (SSSR count). The third kappa shape index (κ3) is 4.63. The molecule has 0 spiro atoms. The highest BCUT2D eigenvalue weighted by Gasteiger charge is 2.24. The minimum Gasteiger partial charge on any atom is -0.312 e. The topological polar surface area (TPSA) is 58.9 Å². The maximum Gasteiger partial charge on any atom is 0.226 e. The second-order valence-electron chi connectivity index (χ2n) is 8.59. The van der Waals surface area contributed by atoms with E-state index in [9.17, 15) is 0 Å². The summed E-state index contributed by atoms with van der Waals surface area (Å²) >= 11 is 18.7. The van der Waals surface area contributed by atoms with Crippen LogP contribution in [0.15, 0.2) is 24.5 Å². The lowest BCUT2D eigenvalue weighted by Gasteiger charge is -2.32. The van der Waals surface area contributed by atoms with E-state index < -0.39 is 0 Å². The SMILES string of the molecule is Clc1ccc(CC2CCN(Nc3nc(Cl)nc4c3ncn4C3CCCC3)CC2)c(Cl)c1. The summed E-state index contributed by atoms with van der Waals surface area (Å²) in [6.07, 6.45) is 9.85. The summed E-state index contributed by atoms with van der Waals surface area (Å²) in [5.74, 6) is 1.28. The molecule has 9 heteroatoms. The number of nitrogens with one attached hydrogen (secondary N) is 1. The van der Waals surface area contributed by atoms with Crippen LogP contribution in [0, 0.1) is 5.92 Å². The van der Waals surface area contributed by atoms with Gasteiger partial charge in [-0.25, -0.2) is 9.99 Å². The smallest absolute Gasteiger partial charge is 0.226 e. The number of halogens is 3. The van der Waals surface area contributed by atoms with Crippen LogP contribution in [0.1, 0.15) is 50.1 Å². The van der Waals surface area contributed by atoms with Crippen molar-refractivity contribution in [1.29, 1.82) is 0 Å². The van der Waals surface area contributed by atoms with Gasteiger partial charge in [0.25, 0.3) is 0 Å². The van der Waals surface area contributed by atoms with Crippen molar-refractivity contribution >= 4 is 51.8 Å². The zero-order chi connectivity index (χ0) is 21.4. The minimum atomic E-state index is 0.252. The Morgan fingerprint density at radius 1 is 1.00 bits per heavy atom. The maximum atomic E-state index is 6.36. The fourth-order valence-electron chi connectivity index (χ4n) is 4.81. The Kier molecular flexibility index (Phi) is 6.24. The number of hydrazine groups is 1. The number of fused-ring (bicyclic) bond motifs is 1. The number of benzene rings is 1. The third-order valence-corrected chi connectivity index (χ3v) is 7.27. The minimum absolute atomic E-state index is 0.252. The molecule has 3 heterocycles. The summed E-state index contributed by atoms with van der Waals surface area (Å²) in [6.45, 7) is 1.84. The van der Waals surface area contributed by atoms with Gasteiger partial charge in [-0.3, -0.25) is 0 Å². The first-order chi connectivity index (χ1) is 15.1. The Morgan fingerprint density at radius 2 is 1.77 bits per heavy atom. The van der Waals surface area contributed by atoms with Crippen molar-refractivity contribution in [3.05, 3.63) is 45.4 Å². The van der Waals surface area contributed by atoms with Crippen molar-refractivity contribution in [2.45, 2.75) is 51.0 Å². The van der Waals surface area contributed by atoms with Gasteiger partial charge in [0.05, 0.1) is 6.33 Å². The van der Waals surface area contributed by atoms with Crippen LogP contribution in [0.3, 0.4) is 0 Å². The lowest BCUT2D eigenvalue weighted by atomic mass is 9.91. The molecule has 6 nitrogen and oxygen atoms in total. The molecule has 1 saturated carbocycles. The highest BCUT2D eigenvalue weighted by Crippen LogP contribution is 2.33. The first-order valence-corrected chi connectivity index (χ1v) is 12.1. The standard InChI is InChI=1S/C22H25Cl3N6/c23-16-6-5-15(18(24)12-16)11-14-7-9-30(10-8-14)29-20-19-21(28-22(25)27-20)31(13-26-19)17-3-1-2-4-17/h5-6,12-14,17H,1-4,7-11H2,(H,27,28,29). The fourth-order valence-corrected chi connectivity index (χ4v) is 5.46. The van der Waals surface area contributed by atoms with Crippen molar-refractivity contribution in [2.75, 3.05) is 18.5 Å². The van der Waals surface area contributed by atoms with Gasteiger partial charge in [0.15, 0.2) is 17.0 Å². The van der Waals surface area contributed by atoms with E-state index in [0.29, 0.717) is 22.8 Å². The average molecular weight is 480 g/mol. The van der Waals surface area contributed by atoms with Crippen molar-refractivity contribution in [1.82, 2.24) is 24.5 Å². The molecule has 0 atom stereocenters. The van der Waals surface area contributed by atoms with E-state index >= 15 is 0 Å². The van der Waals surface area contributed by atoms with E-state index in [4.69, 9.17) is 34.8 Å². The largest absolute Gasteiger partial charge is 0.312 e. The van der Waals surface area contributed by atoms with Gasteiger partial charge in [0.1, 0.15) is 0 Å². The van der Waals surface area contributed by atoms with Gasteiger partial charge in [-0.1, -0.05) is 42.1 Å². The quantitative estimate of drug-likeness (QED) is 0.443. The van der Waals surface area contributed by atoms with E-state index in [1.54, 1.807) is 0 Å². The highest BCUT2D eigenvalue weighted by atomic mass is 35.5. The monoisotopic (exact) mass is 478 g/mol. The van der Waals surface area contributed by atoms with Crippen LogP contribution in [-0.4, -0.2) is 37.6 Å². The van der Waals surface area contributed by atoms with Crippen molar-refractivity contribution in [3.63, 3.8) is 0 Å². The molecule has 1 saturated heterocycles. The van der Waals surface area contributed by atoms with E-state index in [2.05, 4.69) is 30.0 Å². The molecule has 164 valence electrons. The fraction of sp³-hybridized carbons (Fsp3) is 0.500. The Balaban J connectivity index is 1.26. The van der Waals surface area contributed by atoms with Crippen LogP contribution in [0.25, 0.3) is 11.2 Å². The lowest BCUT2D eigenvalue weighted by Crippen LogP contribution is -2.38. The molecule has 1 aromatic carbocycles. The summed E-state index contributed by atoms with van der Waals surface area (Å²) in [7, 11) is 0. The van der Waals surface area contributed by atoms with Gasteiger partial charge in [-0.05, 0) is 67.3 Å². The molecular formula is C22H25Cl3N6. The zero-order valence-electron chi connectivity index (χ0n) is 17.2.